The summed E-state index contributed by atoms with van der Waals surface area (Å²) in [4.78, 5) is 10.2. The van der Waals surface area contributed by atoms with Crippen molar-refractivity contribution in [2.45, 2.75) is 12.8 Å². The molecule has 0 aliphatic heterocycles. The predicted molar refractivity (Wildman–Crippen MR) is 55.1 cm³/mol. The summed E-state index contributed by atoms with van der Waals surface area (Å²) in [6.45, 7) is 1.69. The summed E-state index contributed by atoms with van der Waals surface area (Å²) in [6, 6.07) is 3.38. The zero-order valence-electron chi connectivity index (χ0n) is 6.88. The van der Waals surface area contributed by atoms with E-state index in [9.17, 15) is 10.1 Å². The highest BCUT2D eigenvalue weighted by molar-refractivity contribution is 9.10. The first-order chi connectivity index (χ1) is 6.06. The van der Waals surface area contributed by atoms with Crippen molar-refractivity contribution >= 4 is 33.2 Å². The Morgan fingerprint density at radius 3 is 2.62 bits per heavy atom. The largest absolute Gasteiger partial charge is 0.286 e. The molecule has 1 rings (SSSR count). The van der Waals surface area contributed by atoms with Gasteiger partial charge in [-0.15, -0.1) is 11.6 Å². The number of benzene rings is 1. The van der Waals surface area contributed by atoms with E-state index >= 15 is 0 Å². The molecule has 70 valence electrons. The summed E-state index contributed by atoms with van der Waals surface area (Å²) < 4.78 is 0.480. The molecule has 13 heavy (non-hydrogen) atoms. The summed E-state index contributed by atoms with van der Waals surface area (Å²) in [5.74, 6) is 0.359. The lowest BCUT2D eigenvalue weighted by Gasteiger charge is -2.02. The molecule has 0 radical (unpaired) electrons. The van der Waals surface area contributed by atoms with Crippen LogP contribution < -0.4 is 0 Å². The first kappa shape index (κ1) is 10.5. The number of rotatable bonds is 2. The Kier molecular flexibility index (Phi) is 3.27. The van der Waals surface area contributed by atoms with Gasteiger partial charge in [-0.1, -0.05) is 0 Å². The van der Waals surface area contributed by atoms with E-state index in [1.807, 2.05) is 0 Å². The molecule has 0 unspecified atom stereocenters. The van der Waals surface area contributed by atoms with E-state index in [2.05, 4.69) is 15.9 Å². The number of nitro groups is 1. The van der Waals surface area contributed by atoms with Crippen LogP contribution in [0.5, 0.6) is 0 Å². The van der Waals surface area contributed by atoms with Gasteiger partial charge in [0.2, 0.25) is 0 Å². The van der Waals surface area contributed by atoms with E-state index in [-0.39, 0.29) is 5.69 Å². The maximum Gasteiger partial charge on any atom is 0.286 e. The molecule has 0 aromatic heterocycles. The minimum Gasteiger partial charge on any atom is -0.258 e. The highest BCUT2D eigenvalue weighted by atomic mass is 79.9. The maximum atomic E-state index is 10.6. The minimum absolute atomic E-state index is 0.105. The number of nitro benzene ring substituents is 1. The fourth-order valence-electron chi connectivity index (χ4n) is 1.12. The number of nitrogens with zero attached hydrogens (tertiary/aromatic N) is 1. The fraction of sp³-hybridized carbons (Fsp3) is 0.250. The fourth-order valence-corrected chi connectivity index (χ4v) is 2.02. The van der Waals surface area contributed by atoms with Gasteiger partial charge in [-0.05, 0) is 40.5 Å². The van der Waals surface area contributed by atoms with Gasteiger partial charge in [0.05, 0.1) is 9.40 Å². The highest BCUT2D eigenvalue weighted by Crippen LogP contribution is 2.30. The van der Waals surface area contributed by atoms with Gasteiger partial charge in [-0.25, -0.2) is 0 Å². The van der Waals surface area contributed by atoms with Gasteiger partial charge in [0.15, 0.2) is 0 Å². The van der Waals surface area contributed by atoms with Gasteiger partial charge in [-0.2, -0.15) is 0 Å². The van der Waals surface area contributed by atoms with E-state index < -0.39 is 4.92 Å². The Labute approximate surface area is 89.0 Å². The van der Waals surface area contributed by atoms with Crippen LogP contribution in [-0.2, 0) is 5.88 Å². The summed E-state index contributed by atoms with van der Waals surface area (Å²) in [5.41, 5.74) is 1.60. The zero-order chi connectivity index (χ0) is 10.0. The molecule has 0 N–H and O–H groups in total. The molecule has 0 spiro atoms. The van der Waals surface area contributed by atoms with E-state index in [1.165, 1.54) is 0 Å². The van der Waals surface area contributed by atoms with Crippen LogP contribution in [0.2, 0.25) is 0 Å². The zero-order valence-corrected chi connectivity index (χ0v) is 9.22. The second-order valence-corrected chi connectivity index (χ2v) is 3.76. The molecule has 1 aromatic carbocycles. The Balaban J connectivity index is 3.31. The Bertz CT molecular complexity index is 331. The number of aryl methyl sites for hydroxylation is 1. The molecule has 0 amide bonds. The van der Waals surface area contributed by atoms with Crippen LogP contribution in [0.1, 0.15) is 11.1 Å². The Hall–Kier alpha value is -0.610. The van der Waals surface area contributed by atoms with Gasteiger partial charge >= 0.3 is 0 Å². The monoisotopic (exact) mass is 263 g/mol. The molecular formula is C8H7BrClNO2. The van der Waals surface area contributed by atoms with E-state index in [0.717, 1.165) is 5.56 Å². The van der Waals surface area contributed by atoms with Gasteiger partial charge in [0, 0.05) is 11.4 Å². The van der Waals surface area contributed by atoms with E-state index in [4.69, 9.17) is 11.6 Å². The van der Waals surface area contributed by atoms with Crippen LogP contribution in [0.4, 0.5) is 5.69 Å². The maximum absolute atomic E-state index is 10.6. The topological polar surface area (TPSA) is 43.1 Å². The van der Waals surface area contributed by atoms with Gasteiger partial charge < -0.3 is 0 Å². The first-order valence-electron chi connectivity index (χ1n) is 3.55. The summed E-state index contributed by atoms with van der Waals surface area (Å²) >= 11 is 8.75. The quantitative estimate of drug-likeness (QED) is 0.467. The van der Waals surface area contributed by atoms with Crippen LogP contribution >= 0.6 is 27.5 Å². The van der Waals surface area contributed by atoms with Crippen LogP contribution in [0.3, 0.4) is 0 Å². The van der Waals surface area contributed by atoms with Crippen LogP contribution in [0.15, 0.2) is 16.6 Å². The third-order valence-corrected chi connectivity index (χ3v) is 2.56. The normalized spacial score (nSPS) is 10.1. The molecule has 0 atom stereocenters. The van der Waals surface area contributed by atoms with Gasteiger partial charge in [-0.3, -0.25) is 10.1 Å². The lowest BCUT2D eigenvalue weighted by atomic mass is 10.1. The molecule has 0 fully saturated rings. The molecule has 0 saturated carbocycles. The van der Waals surface area contributed by atoms with Crippen molar-refractivity contribution in [2.75, 3.05) is 0 Å². The van der Waals surface area contributed by atoms with Crippen molar-refractivity contribution in [1.29, 1.82) is 0 Å². The number of hydrogen-bond acceptors (Lipinski definition) is 2. The summed E-state index contributed by atoms with van der Waals surface area (Å²) in [6.07, 6.45) is 0. The van der Waals surface area contributed by atoms with Crippen molar-refractivity contribution in [1.82, 2.24) is 0 Å². The summed E-state index contributed by atoms with van der Waals surface area (Å²) in [7, 11) is 0. The van der Waals surface area contributed by atoms with Crippen LogP contribution in [-0.4, -0.2) is 4.92 Å². The van der Waals surface area contributed by atoms with Crippen LogP contribution in [0, 0.1) is 17.0 Å². The average molecular weight is 265 g/mol. The van der Waals surface area contributed by atoms with E-state index in [1.54, 1.807) is 19.1 Å². The average Bonchev–Trinajstić information content (AvgIpc) is 2.02. The van der Waals surface area contributed by atoms with Crippen molar-refractivity contribution in [3.05, 3.63) is 37.8 Å². The first-order valence-corrected chi connectivity index (χ1v) is 4.88. The third-order valence-electron chi connectivity index (χ3n) is 1.65. The van der Waals surface area contributed by atoms with Crippen molar-refractivity contribution in [2.24, 2.45) is 0 Å². The lowest BCUT2D eigenvalue weighted by Crippen LogP contribution is -1.94. The second kappa shape index (κ2) is 4.07. The number of halogens is 2. The van der Waals surface area contributed by atoms with E-state index in [0.29, 0.717) is 15.9 Å². The second-order valence-electron chi connectivity index (χ2n) is 2.63. The molecule has 1 aromatic rings. The molecule has 0 aliphatic rings. The smallest absolute Gasteiger partial charge is 0.258 e. The standard InChI is InChI=1S/C8H7BrClNO2/c1-5-2-6(4-10)3-7(9)8(5)11(12)13/h2-3H,4H2,1H3. The molecule has 0 heterocycles. The molecule has 5 heteroatoms. The van der Waals surface area contributed by atoms with Crippen molar-refractivity contribution in [3.63, 3.8) is 0 Å². The third kappa shape index (κ3) is 2.19. The number of hydrogen-bond donors (Lipinski definition) is 0. The highest BCUT2D eigenvalue weighted by Gasteiger charge is 2.15. The SMILES string of the molecule is Cc1cc(CCl)cc(Br)c1[N+](=O)[O-]. The van der Waals surface area contributed by atoms with Crippen LogP contribution in [0.25, 0.3) is 0 Å². The molecular weight excluding hydrogens is 257 g/mol. The Morgan fingerprint density at radius 1 is 1.62 bits per heavy atom. The molecule has 0 bridgehead atoms. The summed E-state index contributed by atoms with van der Waals surface area (Å²) in [5, 5.41) is 10.6. The predicted octanol–water partition coefficient (Wildman–Crippen LogP) is 3.40. The van der Waals surface area contributed by atoms with Crippen molar-refractivity contribution < 1.29 is 4.92 Å². The van der Waals surface area contributed by atoms with Gasteiger partial charge in [0.25, 0.3) is 5.69 Å². The molecule has 3 nitrogen and oxygen atoms in total. The van der Waals surface area contributed by atoms with Gasteiger partial charge in [0.1, 0.15) is 0 Å². The molecule has 0 aliphatic carbocycles. The minimum atomic E-state index is -0.405. The Morgan fingerprint density at radius 2 is 2.23 bits per heavy atom. The van der Waals surface area contributed by atoms with Crippen molar-refractivity contribution in [3.8, 4) is 0 Å². The number of alkyl halides is 1. The lowest BCUT2D eigenvalue weighted by molar-refractivity contribution is -0.386. The molecule has 0 saturated heterocycles.